The highest BCUT2D eigenvalue weighted by molar-refractivity contribution is 5.95. The van der Waals surface area contributed by atoms with Crippen LogP contribution in [-0.2, 0) is 19.1 Å². The lowest BCUT2D eigenvalue weighted by Gasteiger charge is -2.37. The van der Waals surface area contributed by atoms with Crippen molar-refractivity contribution in [2.45, 2.75) is 46.5 Å². The Hall–Kier alpha value is -1.19. The first kappa shape index (κ1) is 13.2. The van der Waals surface area contributed by atoms with E-state index >= 15 is 0 Å². The van der Waals surface area contributed by atoms with Gasteiger partial charge in [-0.05, 0) is 25.2 Å². The van der Waals surface area contributed by atoms with E-state index in [-0.39, 0.29) is 29.9 Å². The van der Waals surface area contributed by atoms with Gasteiger partial charge < -0.3 is 9.53 Å². The van der Waals surface area contributed by atoms with Crippen molar-refractivity contribution in [3.63, 3.8) is 0 Å². The van der Waals surface area contributed by atoms with E-state index in [0.717, 1.165) is 0 Å². The van der Waals surface area contributed by atoms with Crippen LogP contribution in [0.25, 0.3) is 0 Å². The van der Waals surface area contributed by atoms with Gasteiger partial charge in [-0.3, -0.25) is 9.59 Å². The molecule has 0 radical (unpaired) electrons. The molecular formula is C14H20O4. The second kappa shape index (κ2) is 4.18. The fourth-order valence-corrected chi connectivity index (χ4v) is 3.56. The number of rotatable bonds is 3. The molecular weight excluding hydrogens is 232 g/mol. The summed E-state index contributed by atoms with van der Waals surface area (Å²) >= 11 is 0. The first-order valence-corrected chi connectivity index (χ1v) is 6.50. The number of carbonyl (C=O) groups is 3. The lowest BCUT2D eigenvalue weighted by Crippen LogP contribution is -2.40. The van der Waals surface area contributed by atoms with Crippen LogP contribution in [0, 0.1) is 16.7 Å². The largest absolute Gasteiger partial charge is 0.465 e. The topological polar surface area (TPSA) is 60.4 Å². The number of Topliss-reactive ketones (excluding diaryl/α,β-unsaturated/α-hetero) is 2. The van der Waals surface area contributed by atoms with Crippen molar-refractivity contribution in [3.05, 3.63) is 0 Å². The Morgan fingerprint density at radius 1 is 1.39 bits per heavy atom. The Labute approximate surface area is 107 Å². The summed E-state index contributed by atoms with van der Waals surface area (Å²) in [6.07, 6.45) is 1.86. The summed E-state index contributed by atoms with van der Waals surface area (Å²) in [5, 5.41) is 0. The number of hydrogen-bond acceptors (Lipinski definition) is 4. The third kappa shape index (κ3) is 1.70. The van der Waals surface area contributed by atoms with Gasteiger partial charge in [0.25, 0.3) is 0 Å². The van der Waals surface area contributed by atoms with Crippen molar-refractivity contribution in [1.82, 2.24) is 0 Å². The van der Waals surface area contributed by atoms with Gasteiger partial charge in [0, 0.05) is 18.8 Å². The van der Waals surface area contributed by atoms with E-state index in [1.165, 1.54) is 6.92 Å². The van der Waals surface area contributed by atoms with Crippen molar-refractivity contribution in [2.75, 3.05) is 6.61 Å². The molecule has 0 unspecified atom stereocenters. The first-order chi connectivity index (χ1) is 8.31. The molecule has 0 aromatic carbocycles. The lowest BCUT2D eigenvalue weighted by atomic mass is 9.63. The smallest absolute Gasteiger partial charge is 0.313 e. The summed E-state index contributed by atoms with van der Waals surface area (Å²) in [5.41, 5.74) is -1.06. The van der Waals surface area contributed by atoms with Gasteiger partial charge in [0.1, 0.15) is 11.6 Å². The summed E-state index contributed by atoms with van der Waals surface area (Å²) in [4.78, 5) is 35.3. The maximum atomic E-state index is 12.2. The predicted molar refractivity (Wildman–Crippen MR) is 64.8 cm³/mol. The van der Waals surface area contributed by atoms with Crippen molar-refractivity contribution >= 4 is 17.5 Å². The average Bonchev–Trinajstić information content (AvgIpc) is 2.68. The second-order valence-electron chi connectivity index (χ2n) is 6.13. The van der Waals surface area contributed by atoms with Gasteiger partial charge in [0.15, 0.2) is 0 Å². The van der Waals surface area contributed by atoms with E-state index in [0.29, 0.717) is 25.9 Å². The summed E-state index contributed by atoms with van der Waals surface area (Å²) < 4.78 is 5.09. The summed E-state index contributed by atoms with van der Waals surface area (Å²) in [7, 11) is 0. The van der Waals surface area contributed by atoms with E-state index in [4.69, 9.17) is 4.74 Å². The molecule has 1 aliphatic heterocycles. The van der Waals surface area contributed by atoms with Crippen molar-refractivity contribution in [1.29, 1.82) is 0 Å². The van der Waals surface area contributed by atoms with E-state index in [1.54, 1.807) is 0 Å². The second-order valence-corrected chi connectivity index (χ2v) is 6.13. The van der Waals surface area contributed by atoms with Gasteiger partial charge in [-0.15, -0.1) is 0 Å². The molecule has 1 spiro atoms. The highest BCUT2D eigenvalue weighted by Crippen LogP contribution is 2.59. The van der Waals surface area contributed by atoms with Crippen molar-refractivity contribution in [3.8, 4) is 0 Å². The van der Waals surface area contributed by atoms with Crippen molar-refractivity contribution in [2.24, 2.45) is 16.7 Å². The molecule has 2 atom stereocenters. The summed E-state index contributed by atoms with van der Waals surface area (Å²) in [5.74, 6) is -0.230. The fraction of sp³-hybridized carbons (Fsp3) is 0.786. The number of hydrogen-bond donors (Lipinski definition) is 0. The molecule has 0 aromatic heterocycles. The number of esters is 1. The maximum absolute atomic E-state index is 12.2. The lowest BCUT2D eigenvalue weighted by molar-refractivity contribution is -0.151. The van der Waals surface area contributed by atoms with Gasteiger partial charge in [0.2, 0.25) is 0 Å². The highest BCUT2D eigenvalue weighted by atomic mass is 16.5. The van der Waals surface area contributed by atoms with E-state index in [9.17, 15) is 14.4 Å². The van der Waals surface area contributed by atoms with Crippen LogP contribution >= 0.6 is 0 Å². The third-order valence-corrected chi connectivity index (χ3v) is 4.91. The van der Waals surface area contributed by atoms with Crippen LogP contribution in [-0.4, -0.2) is 24.1 Å². The van der Waals surface area contributed by atoms with Crippen LogP contribution in [0.2, 0.25) is 0 Å². The van der Waals surface area contributed by atoms with Crippen LogP contribution in [0.5, 0.6) is 0 Å². The predicted octanol–water partition coefficient (Wildman–Crippen LogP) is 1.90. The van der Waals surface area contributed by atoms with Crippen LogP contribution in [0.3, 0.4) is 0 Å². The zero-order chi connectivity index (χ0) is 13.6. The van der Waals surface area contributed by atoms with Crippen LogP contribution in [0.4, 0.5) is 0 Å². The molecule has 0 amide bonds. The zero-order valence-electron chi connectivity index (χ0n) is 11.2. The molecule has 2 aliphatic rings. The van der Waals surface area contributed by atoms with Gasteiger partial charge in [-0.2, -0.15) is 0 Å². The minimum atomic E-state index is -0.647. The van der Waals surface area contributed by atoms with Crippen molar-refractivity contribution < 1.29 is 19.1 Å². The SMILES string of the molecule is CC(=O)CC[C@H]1C(=O)C[C@@]2(CCOC2=O)C1(C)C. The average molecular weight is 252 g/mol. The number of carbonyl (C=O) groups excluding carboxylic acids is 3. The van der Waals surface area contributed by atoms with E-state index in [2.05, 4.69) is 0 Å². The molecule has 1 heterocycles. The standard InChI is InChI=1S/C14H20O4/c1-9(15)4-5-10-11(16)8-14(13(10,2)3)6-7-18-12(14)17/h10H,4-8H2,1-3H3/t10-,14+/m0/s1. The van der Waals surface area contributed by atoms with E-state index < -0.39 is 10.8 Å². The Morgan fingerprint density at radius 3 is 2.56 bits per heavy atom. The summed E-state index contributed by atoms with van der Waals surface area (Å²) in [6, 6.07) is 0. The number of cyclic esters (lactones) is 1. The van der Waals surface area contributed by atoms with Gasteiger partial charge in [-0.25, -0.2) is 0 Å². The minimum Gasteiger partial charge on any atom is -0.465 e. The normalized spacial score (nSPS) is 34.1. The van der Waals surface area contributed by atoms with E-state index in [1.807, 2.05) is 13.8 Å². The highest BCUT2D eigenvalue weighted by Gasteiger charge is 2.64. The first-order valence-electron chi connectivity index (χ1n) is 6.50. The third-order valence-electron chi connectivity index (χ3n) is 4.91. The Bertz CT molecular complexity index is 410. The summed E-state index contributed by atoms with van der Waals surface area (Å²) in [6.45, 7) is 5.88. The quantitative estimate of drug-likeness (QED) is 0.720. The Balaban J connectivity index is 2.26. The number of ether oxygens (including phenoxy) is 1. The van der Waals surface area contributed by atoms with Gasteiger partial charge in [-0.1, -0.05) is 13.8 Å². The molecule has 1 aliphatic carbocycles. The molecule has 1 saturated heterocycles. The molecule has 1 saturated carbocycles. The number of ketones is 2. The van der Waals surface area contributed by atoms with Crippen LogP contribution < -0.4 is 0 Å². The van der Waals surface area contributed by atoms with Gasteiger partial charge >= 0.3 is 5.97 Å². The maximum Gasteiger partial charge on any atom is 0.313 e. The minimum absolute atomic E-state index is 0.0912. The zero-order valence-corrected chi connectivity index (χ0v) is 11.2. The monoisotopic (exact) mass is 252 g/mol. The molecule has 4 heteroatoms. The molecule has 0 N–H and O–H groups in total. The Morgan fingerprint density at radius 2 is 2.06 bits per heavy atom. The van der Waals surface area contributed by atoms with Crippen LogP contribution in [0.1, 0.15) is 46.5 Å². The molecule has 0 aromatic rings. The van der Waals surface area contributed by atoms with Crippen LogP contribution in [0.15, 0.2) is 0 Å². The molecule has 18 heavy (non-hydrogen) atoms. The molecule has 2 rings (SSSR count). The molecule has 100 valence electrons. The van der Waals surface area contributed by atoms with Gasteiger partial charge in [0.05, 0.1) is 12.0 Å². The molecule has 4 nitrogen and oxygen atoms in total. The molecule has 2 fully saturated rings. The fourth-order valence-electron chi connectivity index (χ4n) is 3.56. The molecule has 0 bridgehead atoms. The Kier molecular flexibility index (Phi) is 3.07.